The summed E-state index contributed by atoms with van der Waals surface area (Å²) in [5.41, 5.74) is 1.22. The van der Waals surface area contributed by atoms with Crippen LogP contribution in [0.1, 0.15) is 73.8 Å². The molecule has 2 N–H and O–H groups in total. The monoisotopic (exact) mass is 450 g/mol. The van der Waals surface area contributed by atoms with Gasteiger partial charge in [-0.05, 0) is 18.9 Å². The third-order valence-corrected chi connectivity index (χ3v) is 5.32. The summed E-state index contributed by atoms with van der Waals surface area (Å²) in [5.74, 6) is -4.19. The van der Waals surface area contributed by atoms with Gasteiger partial charge < -0.3 is 10.2 Å². The van der Waals surface area contributed by atoms with Crippen LogP contribution in [0.4, 0.5) is 32.0 Å². The van der Waals surface area contributed by atoms with Gasteiger partial charge in [-0.25, -0.2) is 4.98 Å². The molecule has 12 heteroatoms. The van der Waals surface area contributed by atoms with Gasteiger partial charge in [0, 0.05) is 5.41 Å². The molecule has 0 amide bonds. The molecule has 170 valence electrons. The SMILES string of the molecule is CC1(C)CCCCCC(C(F)(F)F)c2nnc(o2)-c2nc(c(C(F)(F)F)cc2N)C1=O. The van der Waals surface area contributed by atoms with E-state index in [1.807, 2.05) is 0 Å². The number of nitrogen functional groups attached to an aromatic ring is 1. The summed E-state index contributed by atoms with van der Waals surface area (Å²) in [7, 11) is 0. The van der Waals surface area contributed by atoms with Crippen LogP contribution in [-0.4, -0.2) is 27.1 Å². The van der Waals surface area contributed by atoms with Crippen LogP contribution in [0.3, 0.4) is 0 Å². The van der Waals surface area contributed by atoms with Crippen molar-refractivity contribution >= 4 is 11.5 Å². The number of aromatic nitrogens is 3. The van der Waals surface area contributed by atoms with Gasteiger partial charge in [-0.2, -0.15) is 26.3 Å². The zero-order chi connectivity index (χ0) is 23.2. The van der Waals surface area contributed by atoms with Gasteiger partial charge in [0.15, 0.2) is 11.5 Å². The summed E-state index contributed by atoms with van der Waals surface area (Å²) in [6, 6.07) is 0.516. The van der Waals surface area contributed by atoms with Crippen LogP contribution in [0, 0.1) is 5.41 Å². The summed E-state index contributed by atoms with van der Waals surface area (Å²) >= 11 is 0. The van der Waals surface area contributed by atoms with Crippen molar-refractivity contribution in [2.45, 2.75) is 64.2 Å². The minimum absolute atomic E-state index is 0.158. The van der Waals surface area contributed by atoms with Gasteiger partial charge in [0.1, 0.15) is 11.6 Å². The minimum Gasteiger partial charge on any atom is -0.419 e. The van der Waals surface area contributed by atoms with E-state index in [-0.39, 0.29) is 19.3 Å². The van der Waals surface area contributed by atoms with Gasteiger partial charge in [-0.3, -0.25) is 4.79 Å². The molecule has 3 heterocycles. The Morgan fingerprint density at radius 3 is 2.35 bits per heavy atom. The van der Waals surface area contributed by atoms with Crippen LogP contribution in [0.25, 0.3) is 11.6 Å². The Hall–Kier alpha value is -2.66. The number of pyridine rings is 1. The van der Waals surface area contributed by atoms with Gasteiger partial charge in [0.05, 0.1) is 11.3 Å². The van der Waals surface area contributed by atoms with Gasteiger partial charge in [-0.1, -0.05) is 33.1 Å². The molecule has 0 saturated carbocycles. The molecule has 0 aliphatic carbocycles. The molecule has 0 radical (unpaired) electrons. The number of hydrogen-bond acceptors (Lipinski definition) is 6. The lowest BCUT2D eigenvalue weighted by atomic mass is 9.80. The van der Waals surface area contributed by atoms with E-state index in [2.05, 4.69) is 15.2 Å². The number of anilines is 1. The number of Topliss-reactive ketones (excluding diaryl/α,β-unsaturated/α-hetero) is 1. The van der Waals surface area contributed by atoms with E-state index in [4.69, 9.17) is 10.2 Å². The molecule has 2 aromatic heterocycles. The van der Waals surface area contributed by atoms with Crippen LogP contribution in [0.2, 0.25) is 0 Å². The van der Waals surface area contributed by atoms with Crippen LogP contribution in [-0.2, 0) is 6.18 Å². The number of carbonyl (C=O) groups excluding carboxylic acids is 1. The van der Waals surface area contributed by atoms with E-state index < -0.39 is 63.9 Å². The maximum atomic E-state index is 13.6. The van der Waals surface area contributed by atoms with Crippen LogP contribution in [0.5, 0.6) is 0 Å². The number of nitrogens with zero attached hydrogens (tertiary/aromatic N) is 3. The molecule has 4 bridgehead atoms. The van der Waals surface area contributed by atoms with E-state index in [1.165, 1.54) is 13.8 Å². The smallest absolute Gasteiger partial charge is 0.418 e. The summed E-state index contributed by atoms with van der Waals surface area (Å²) in [6.07, 6.45) is -8.85. The number of nitrogens with two attached hydrogens (primary N) is 1. The van der Waals surface area contributed by atoms with Crippen LogP contribution in [0.15, 0.2) is 10.5 Å². The van der Waals surface area contributed by atoms with Gasteiger partial charge >= 0.3 is 12.4 Å². The summed E-state index contributed by atoms with van der Waals surface area (Å²) in [5, 5.41) is 6.94. The summed E-state index contributed by atoms with van der Waals surface area (Å²) in [4.78, 5) is 16.8. The molecule has 2 aromatic rings. The van der Waals surface area contributed by atoms with Gasteiger partial charge in [0.25, 0.3) is 5.89 Å². The highest BCUT2D eigenvalue weighted by atomic mass is 19.4. The molecule has 6 nitrogen and oxygen atoms in total. The van der Waals surface area contributed by atoms with Crippen molar-refractivity contribution < 1.29 is 35.6 Å². The first-order valence-electron chi connectivity index (χ1n) is 9.55. The standard InChI is InChI=1S/C19H20F6N4O2/c1-17(2)7-5-3-4-6-9(18(20,21)22)15-28-29-16(31-15)13-11(26)8-10(19(23,24)25)12(27-13)14(17)30/h8-9H,3-7,26H2,1-2H3. The predicted octanol–water partition coefficient (Wildman–Crippen LogP) is 5.55. The van der Waals surface area contributed by atoms with Gasteiger partial charge in [-0.15, -0.1) is 10.2 Å². The number of ketones is 1. The largest absolute Gasteiger partial charge is 0.419 e. The molecule has 1 aliphatic heterocycles. The molecule has 0 fully saturated rings. The fourth-order valence-electron chi connectivity index (χ4n) is 3.51. The molecular weight excluding hydrogens is 430 g/mol. The number of fused-ring (bicyclic) bond motifs is 5. The first-order chi connectivity index (χ1) is 14.2. The first-order valence-corrected chi connectivity index (χ1v) is 9.55. The van der Waals surface area contributed by atoms with Crippen molar-refractivity contribution in [2.24, 2.45) is 5.41 Å². The lowest BCUT2D eigenvalue weighted by Gasteiger charge is -2.25. The summed E-state index contributed by atoms with van der Waals surface area (Å²) in [6.45, 7) is 2.95. The fourth-order valence-corrected chi connectivity index (χ4v) is 3.51. The third kappa shape index (κ3) is 4.67. The second-order valence-corrected chi connectivity index (χ2v) is 8.17. The molecule has 0 spiro atoms. The van der Waals surface area contributed by atoms with E-state index in [1.54, 1.807) is 0 Å². The second-order valence-electron chi connectivity index (χ2n) is 8.17. The topological polar surface area (TPSA) is 94.9 Å². The molecule has 31 heavy (non-hydrogen) atoms. The molecule has 1 unspecified atom stereocenters. The number of rotatable bonds is 0. The minimum atomic E-state index is -4.92. The number of carbonyl (C=O) groups is 1. The van der Waals surface area contributed by atoms with Crippen LogP contribution >= 0.6 is 0 Å². The highest BCUT2D eigenvalue weighted by molar-refractivity contribution is 6.00. The second kappa shape index (κ2) is 7.79. The lowest BCUT2D eigenvalue weighted by Crippen LogP contribution is -2.28. The average molecular weight is 450 g/mol. The first kappa shape index (κ1) is 23.0. The molecule has 3 rings (SSSR count). The van der Waals surface area contributed by atoms with Crippen molar-refractivity contribution in [3.8, 4) is 11.6 Å². The number of hydrogen-bond donors (Lipinski definition) is 1. The zero-order valence-electron chi connectivity index (χ0n) is 16.7. The van der Waals surface area contributed by atoms with E-state index >= 15 is 0 Å². The maximum absolute atomic E-state index is 13.6. The van der Waals surface area contributed by atoms with Crippen molar-refractivity contribution in [3.63, 3.8) is 0 Å². The quantitative estimate of drug-likeness (QED) is 0.529. The highest BCUT2D eigenvalue weighted by Crippen LogP contribution is 2.42. The Bertz CT molecular complexity index is 981. The Morgan fingerprint density at radius 2 is 1.74 bits per heavy atom. The van der Waals surface area contributed by atoms with Crippen molar-refractivity contribution in [1.29, 1.82) is 0 Å². The average Bonchev–Trinajstić information content (AvgIpc) is 3.10. The van der Waals surface area contributed by atoms with Crippen molar-refractivity contribution in [1.82, 2.24) is 15.2 Å². The zero-order valence-corrected chi connectivity index (χ0v) is 16.7. The predicted molar refractivity (Wildman–Crippen MR) is 96.9 cm³/mol. The number of halogens is 6. The maximum Gasteiger partial charge on any atom is 0.418 e. The van der Waals surface area contributed by atoms with Gasteiger partial charge in [0.2, 0.25) is 5.89 Å². The molecular formula is C19H20F6N4O2. The lowest BCUT2D eigenvalue weighted by molar-refractivity contribution is -0.156. The molecule has 1 atom stereocenters. The Morgan fingerprint density at radius 1 is 1.06 bits per heavy atom. The Labute approximate surface area is 173 Å². The number of alkyl halides is 6. The van der Waals surface area contributed by atoms with E-state index in [0.29, 0.717) is 18.9 Å². The molecule has 0 aromatic carbocycles. The summed E-state index contributed by atoms with van der Waals surface area (Å²) < 4.78 is 86.4. The van der Waals surface area contributed by atoms with Crippen molar-refractivity contribution in [2.75, 3.05) is 5.73 Å². The van der Waals surface area contributed by atoms with E-state index in [0.717, 1.165) is 0 Å². The van der Waals surface area contributed by atoms with E-state index in [9.17, 15) is 31.1 Å². The van der Waals surface area contributed by atoms with Crippen LogP contribution < -0.4 is 5.73 Å². The fraction of sp³-hybridized carbons (Fsp3) is 0.579. The normalized spacial score (nSPS) is 20.4. The highest BCUT2D eigenvalue weighted by Gasteiger charge is 2.45. The Balaban J connectivity index is 2.23. The molecule has 1 aliphatic rings. The third-order valence-electron chi connectivity index (χ3n) is 5.32. The van der Waals surface area contributed by atoms with Crippen molar-refractivity contribution in [3.05, 3.63) is 23.2 Å². The molecule has 0 saturated heterocycles. The Kier molecular flexibility index (Phi) is 5.78.